The molecular formula is C42H53NSi2. The Morgan fingerprint density at radius 2 is 1.00 bits per heavy atom. The summed E-state index contributed by atoms with van der Waals surface area (Å²) >= 11 is 0. The second kappa shape index (κ2) is 11.9. The maximum absolute atomic E-state index is 5.72. The Morgan fingerprint density at radius 3 is 1.33 bits per heavy atom. The van der Waals surface area contributed by atoms with E-state index in [2.05, 4.69) is 124 Å². The predicted octanol–water partition coefficient (Wildman–Crippen LogP) is 9.95. The molecule has 0 aliphatic heterocycles. The van der Waals surface area contributed by atoms with Crippen LogP contribution < -0.4 is 15.3 Å². The molecule has 6 unspecified atom stereocenters. The van der Waals surface area contributed by atoms with Crippen molar-refractivity contribution in [1.82, 2.24) is 0 Å². The fraction of sp³-hybridized carbons (Fsp3) is 0.524. The molecule has 0 N–H and O–H groups in total. The van der Waals surface area contributed by atoms with E-state index < -0.39 is 17.6 Å². The highest BCUT2D eigenvalue weighted by Gasteiger charge is 2.55. The first-order valence-corrected chi connectivity index (χ1v) is 22.2. The molecule has 3 aromatic carbocycles. The Kier molecular flexibility index (Phi) is 8.23. The molecule has 234 valence electrons. The van der Waals surface area contributed by atoms with Gasteiger partial charge in [0, 0.05) is 22.6 Å². The molecule has 2 radical (unpaired) electrons. The van der Waals surface area contributed by atoms with Crippen molar-refractivity contribution in [3.63, 3.8) is 0 Å². The number of nitrogens with zero attached hydrogens (tertiary/aromatic N) is 1. The largest absolute Gasteiger partial charge is 0.311 e. The number of terminal acetylenes is 1. The molecular weight excluding hydrogens is 575 g/mol. The van der Waals surface area contributed by atoms with Crippen molar-refractivity contribution in [1.29, 1.82) is 0 Å². The average Bonchev–Trinajstić information content (AvgIpc) is 3.05. The molecule has 6 aliphatic rings. The number of anilines is 3. The monoisotopic (exact) mass is 627 g/mol. The van der Waals surface area contributed by atoms with Gasteiger partial charge in [0.25, 0.3) is 0 Å². The van der Waals surface area contributed by atoms with E-state index in [-0.39, 0.29) is 0 Å². The van der Waals surface area contributed by atoms with Crippen LogP contribution in [0, 0.1) is 58.7 Å². The minimum atomic E-state index is -0.575. The van der Waals surface area contributed by atoms with Crippen LogP contribution in [-0.2, 0) is 0 Å². The minimum Gasteiger partial charge on any atom is -0.311 e. The normalized spacial score (nSPS) is 29.0. The number of hydrogen-bond acceptors (Lipinski definition) is 1. The number of hydrogen-bond donors (Lipinski definition) is 0. The lowest BCUT2D eigenvalue weighted by Crippen LogP contribution is -2.53. The van der Waals surface area contributed by atoms with Gasteiger partial charge in [0.1, 0.15) is 0 Å². The van der Waals surface area contributed by atoms with E-state index >= 15 is 0 Å². The van der Waals surface area contributed by atoms with Crippen LogP contribution in [0.4, 0.5) is 17.1 Å². The third-order valence-electron chi connectivity index (χ3n) is 13.7. The highest BCUT2D eigenvalue weighted by Crippen LogP contribution is 2.63. The van der Waals surface area contributed by atoms with Gasteiger partial charge in [-0.1, -0.05) is 106 Å². The summed E-state index contributed by atoms with van der Waals surface area (Å²) in [6, 6.07) is 30.5. The Labute approximate surface area is 277 Å². The smallest absolute Gasteiger partial charge is 0.0826 e. The number of fused-ring (bicyclic) bond motifs is 4. The van der Waals surface area contributed by atoms with Crippen LogP contribution in [0.2, 0.25) is 25.2 Å². The predicted molar refractivity (Wildman–Crippen MR) is 197 cm³/mol. The lowest BCUT2D eigenvalue weighted by Gasteiger charge is -2.60. The van der Waals surface area contributed by atoms with Crippen LogP contribution in [0.25, 0.3) is 0 Å². The van der Waals surface area contributed by atoms with Crippen molar-refractivity contribution in [2.45, 2.75) is 91.4 Å². The van der Waals surface area contributed by atoms with Gasteiger partial charge in [0.15, 0.2) is 0 Å². The highest BCUT2D eigenvalue weighted by atomic mass is 28.3. The van der Waals surface area contributed by atoms with Crippen molar-refractivity contribution in [2.24, 2.45) is 46.3 Å². The molecule has 0 saturated heterocycles. The maximum Gasteiger partial charge on any atom is 0.0826 e. The molecule has 6 fully saturated rings. The van der Waals surface area contributed by atoms with E-state index in [4.69, 9.17) is 6.42 Å². The van der Waals surface area contributed by atoms with Gasteiger partial charge in [-0.25, -0.2) is 0 Å². The van der Waals surface area contributed by atoms with E-state index in [0.29, 0.717) is 10.8 Å². The van der Waals surface area contributed by atoms with Crippen LogP contribution in [0.15, 0.2) is 72.8 Å². The Hall–Kier alpha value is -2.55. The van der Waals surface area contributed by atoms with Crippen molar-refractivity contribution in [2.75, 3.05) is 4.90 Å². The highest BCUT2D eigenvalue weighted by molar-refractivity contribution is 6.72. The first kappa shape index (κ1) is 31.1. The van der Waals surface area contributed by atoms with Gasteiger partial charge in [-0.05, 0) is 121 Å². The molecule has 3 heteroatoms. The lowest BCUT2D eigenvalue weighted by atomic mass is 9.46. The van der Waals surface area contributed by atoms with E-state index in [0.717, 1.165) is 46.8 Å². The van der Waals surface area contributed by atoms with Crippen LogP contribution in [0.1, 0.15) is 71.8 Å². The molecule has 4 bridgehead atoms. The molecule has 6 atom stereocenters. The molecule has 1 nitrogen and oxygen atoms in total. The molecule has 3 aromatic rings. The topological polar surface area (TPSA) is 3.24 Å². The summed E-state index contributed by atoms with van der Waals surface area (Å²) < 4.78 is 0. The van der Waals surface area contributed by atoms with Gasteiger partial charge in [0.05, 0.1) is 17.6 Å². The molecule has 9 rings (SSSR count). The first-order chi connectivity index (χ1) is 21.6. The van der Waals surface area contributed by atoms with Crippen LogP contribution in [-0.4, -0.2) is 17.6 Å². The van der Waals surface area contributed by atoms with Gasteiger partial charge in [-0.2, -0.15) is 0 Å². The third-order valence-corrected chi connectivity index (χ3v) is 18.6. The zero-order chi connectivity index (χ0) is 31.5. The van der Waals surface area contributed by atoms with Gasteiger partial charge < -0.3 is 4.90 Å². The fourth-order valence-corrected chi connectivity index (χ4v) is 14.9. The molecule has 0 aromatic heterocycles. The second-order valence-corrected chi connectivity index (χ2v) is 21.6. The van der Waals surface area contributed by atoms with Crippen LogP contribution in [0.3, 0.4) is 0 Å². The summed E-state index contributed by atoms with van der Waals surface area (Å²) in [5.74, 6) is 8.51. The Bertz CT molecular complexity index is 1440. The Balaban J connectivity index is 1.09. The standard InChI is InChI=1S/C42H53NSi2/c1-8-29-9-15-34(16-10-29)43(35-17-21-37(22-18-35)44(6)27-30-11-13-32-25-39(30)41(32,2)3)36-19-23-38(24-20-36)45(7)28-31-12-14-33-26-40(31)42(33,4)5/h1,9-10,15-24,30-33,39-40H,11-14,25-28H2,2-7H3. The molecule has 0 amide bonds. The van der Waals surface area contributed by atoms with Crippen LogP contribution >= 0.6 is 0 Å². The number of rotatable bonds is 9. The van der Waals surface area contributed by atoms with E-state index in [1.807, 2.05) is 0 Å². The van der Waals surface area contributed by atoms with E-state index in [1.165, 1.54) is 62.0 Å². The average molecular weight is 628 g/mol. The summed E-state index contributed by atoms with van der Waals surface area (Å²) in [5, 5.41) is 3.14. The van der Waals surface area contributed by atoms with Crippen LogP contribution in [0.5, 0.6) is 0 Å². The summed E-state index contributed by atoms with van der Waals surface area (Å²) in [6.07, 6.45) is 14.5. The van der Waals surface area contributed by atoms with Crippen molar-refractivity contribution >= 4 is 45.0 Å². The molecule has 45 heavy (non-hydrogen) atoms. The Morgan fingerprint density at radius 1 is 0.622 bits per heavy atom. The number of benzene rings is 3. The SMILES string of the molecule is C#Cc1ccc(N(c2ccc([Si](C)CC3CCC4CC3C4(C)C)cc2)c2ccc([Si](C)CC3CCC4CC3C4(C)C)cc2)cc1. The third kappa shape index (κ3) is 5.59. The summed E-state index contributed by atoms with van der Waals surface area (Å²) in [5.41, 5.74) is 5.68. The first-order valence-electron chi connectivity index (χ1n) is 17.8. The zero-order valence-corrected chi connectivity index (χ0v) is 30.6. The minimum absolute atomic E-state index is 0.575. The molecule has 6 aliphatic carbocycles. The molecule has 0 spiro atoms. The molecule has 0 heterocycles. The van der Waals surface area contributed by atoms with E-state index in [9.17, 15) is 0 Å². The molecule has 6 saturated carbocycles. The zero-order valence-electron chi connectivity index (χ0n) is 28.6. The van der Waals surface area contributed by atoms with Crippen molar-refractivity contribution in [3.8, 4) is 12.3 Å². The van der Waals surface area contributed by atoms with Crippen molar-refractivity contribution in [3.05, 3.63) is 78.4 Å². The summed E-state index contributed by atoms with van der Waals surface area (Å²) in [4.78, 5) is 2.41. The fourth-order valence-electron chi connectivity index (χ4n) is 10.4. The quantitative estimate of drug-likeness (QED) is 0.169. The second-order valence-electron chi connectivity index (χ2n) is 16.5. The summed E-state index contributed by atoms with van der Waals surface area (Å²) in [7, 11) is -1.15. The van der Waals surface area contributed by atoms with Gasteiger partial charge in [0.2, 0.25) is 0 Å². The lowest BCUT2D eigenvalue weighted by molar-refractivity contribution is -0.0988. The summed E-state index contributed by atoms with van der Waals surface area (Å²) in [6.45, 7) is 15.2. The maximum atomic E-state index is 5.72. The van der Waals surface area contributed by atoms with Gasteiger partial charge >= 0.3 is 0 Å². The van der Waals surface area contributed by atoms with Gasteiger partial charge in [-0.15, -0.1) is 6.42 Å². The van der Waals surface area contributed by atoms with Crippen molar-refractivity contribution < 1.29 is 0 Å². The van der Waals surface area contributed by atoms with E-state index in [1.54, 1.807) is 10.4 Å². The van der Waals surface area contributed by atoms with Gasteiger partial charge in [-0.3, -0.25) is 0 Å².